The van der Waals surface area contributed by atoms with Gasteiger partial charge in [0.1, 0.15) is 10.7 Å². The molecular formula is C22H32N4O5S. The molecule has 2 aromatic heterocycles. The summed E-state index contributed by atoms with van der Waals surface area (Å²) in [6.45, 7) is 7.81. The Morgan fingerprint density at radius 2 is 1.91 bits per heavy atom. The van der Waals surface area contributed by atoms with Gasteiger partial charge in [0.15, 0.2) is 12.3 Å². The van der Waals surface area contributed by atoms with Crippen molar-refractivity contribution in [2.24, 2.45) is 0 Å². The molecule has 0 radical (unpaired) electrons. The summed E-state index contributed by atoms with van der Waals surface area (Å²) in [7, 11) is 0. The van der Waals surface area contributed by atoms with E-state index in [0.29, 0.717) is 24.3 Å². The molecule has 0 aromatic carbocycles. The Morgan fingerprint density at radius 3 is 2.53 bits per heavy atom. The fourth-order valence-corrected chi connectivity index (χ4v) is 4.34. The minimum atomic E-state index is -0.742. The summed E-state index contributed by atoms with van der Waals surface area (Å²) in [6, 6.07) is 1.80. The highest BCUT2D eigenvalue weighted by atomic mass is 32.1. The zero-order valence-electron chi connectivity index (χ0n) is 19.2. The SMILES string of the molecule is CCCCN(C(=O)COC(=O)c1cc(CCC)c(C)s1)c1c(N)n(CCC)c(=O)[nH]c1=O. The number of aromatic amines is 1. The molecule has 0 aliphatic heterocycles. The first-order valence-electron chi connectivity index (χ1n) is 10.9. The number of nitrogens with one attached hydrogen (secondary N) is 1. The van der Waals surface area contributed by atoms with Crippen LogP contribution in [0, 0.1) is 6.92 Å². The molecule has 0 unspecified atom stereocenters. The number of nitrogens with zero attached hydrogens (tertiary/aromatic N) is 2. The van der Waals surface area contributed by atoms with Crippen molar-refractivity contribution in [2.75, 3.05) is 23.8 Å². The average molecular weight is 465 g/mol. The molecule has 0 aliphatic carbocycles. The van der Waals surface area contributed by atoms with Crippen molar-refractivity contribution in [3.8, 4) is 0 Å². The van der Waals surface area contributed by atoms with Crippen LogP contribution < -0.4 is 21.9 Å². The van der Waals surface area contributed by atoms with E-state index in [4.69, 9.17) is 10.5 Å². The highest BCUT2D eigenvalue weighted by molar-refractivity contribution is 7.14. The molecular weight excluding hydrogens is 432 g/mol. The van der Waals surface area contributed by atoms with Crippen molar-refractivity contribution < 1.29 is 14.3 Å². The normalized spacial score (nSPS) is 10.9. The maximum Gasteiger partial charge on any atom is 0.348 e. The van der Waals surface area contributed by atoms with Gasteiger partial charge < -0.3 is 15.4 Å². The number of anilines is 2. The van der Waals surface area contributed by atoms with E-state index in [1.807, 2.05) is 20.8 Å². The van der Waals surface area contributed by atoms with Crippen molar-refractivity contribution in [1.82, 2.24) is 9.55 Å². The first-order chi connectivity index (χ1) is 15.2. The molecule has 0 spiro atoms. The number of aryl methyl sites for hydroxylation is 2. The van der Waals surface area contributed by atoms with Crippen LogP contribution >= 0.6 is 11.3 Å². The van der Waals surface area contributed by atoms with Crippen LogP contribution in [0.15, 0.2) is 15.7 Å². The van der Waals surface area contributed by atoms with Crippen molar-refractivity contribution >= 4 is 34.7 Å². The predicted molar refractivity (Wildman–Crippen MR) is 127 cm³/mol. The number of hydrogen-bond donors (Lipinski definition) is 2. The quantitative estimate of drug-likeness (QED) is 0.492. The van der Waals surface area contributed by atoms with E-state index in [2.05, 4.69) is 11.9 Å². The number of H-pyrrole nitrogens is 1. The topological polar surface area (TPSA) is 127 Å². The van der Waals surface area contributed by atoms with E-state index < -0.39 is 29.7 Å². The minimum Gasteiger partial charge on any atom is -0.451 e. The monoisotopic (exact) mass is 464 g/mol. The van der Waals surface area contributed by atoms with Crippen LogP contribution in [-0.4, -0.2) is 34.6 Å². The van der Waals surface area contributed by atoms with E-state index in [-0.39, 0.29) is 18.1 Å². The van der Waals surface area contributed by atoms with Crippen molar-refractivity contribution in [1.29, 1.82) is 0 Å². The summed E-state index contributed by atoms with van der Waals surface area (Å²) in [5.74, 6) is -1.23. The van der Waals surface area contributed by atoms with Crippen LogP contribution in [0.5, 0.6) is 0 Å². The Kier molecular flexibility index (Phi) is 9.25. The van der Waals surface area contributed by atoms with Gasteiger partial charge >= 0.3 is 11.7 Å². The highest BCUT2D eigenvalue weighted by Crippen LogP contribution is 2.24. The molecule has 10 heteroatoms. The second kappa shape index (κ2) is 11.7. The van der Waals surface area contributed by atoms with Gasteiger partial charge in [-0.2, -0.15) is 0 Å². The molecule has 0 bridgehead atoms. The summed E-state index contributed by atoms with van der Waals surface area (Å²) in [5.41, 5.74) is 5.76. The first-order valence-corrected chi connectivity index (χ1v) is 11.8. The lowest BCUT2D eigenvalue weighted by atomic mass is 10.1. The third kappa shape index (κ3) is 5.87. The van der Waals surface area contributed by atoms with Gasteiger partial charge in [-0.15, -0.1) is 11.3 Å². The number of hydrogen-bond acceptors (Lipinski definition) is 7. The number of thiophene rings is 1. The van der Waals surface area contributed by atoms with E-state index in [0.717, 1.165) is 29.7 Å². The number of ether oxygens (including phenoxy) is 1. The maximum absolute atomic E-state index is 13.0. The van der Waals surface area contributed by atoms with Crippen LogP contribution in [-0.2, 0) is 22.5 Å². The minimum absolute atomic E-state index is 0.0746. The van der Waals surface area contributed by atoms with E-state index >= 15 is 0 Å². The number of carbonyl (C=O) groups excluding carboxylic acids is 2. The summed E-state index contributed by atoms with van der Waals surface area (Å²) < 4.78 is 6.49. The lowest BCUT2D eigenvalue weighted by Crippen LogP contribution is -2.43. The summed E-state index contributed by atoms with van der Waals surface area (Å²) in [5, 5.41) is 0. The number of nitrogens with two attached hydrogens (primary N) is 1. The number of aromatic nitrogens is 2. The second-order valence-corrected chi connectivity index (χ2v) is 8.82. The Hall–Kier alpha value is -2.88. The van der Waals surface area contributed by atoms with Crippen LogP contribution in [0.3, 0.4) is 0 Å². The number of nitrogen functional groups attached to an aromatic ring is 1. The van der Waals surface area contributed by atoms with Crippen LogP contribution in [0.2, 0.25) is 0 Å². The van der Waals surface area contributed by atoms with Gasteiger partial charge in [-0.25, -0.2) is 9.59 Å². The number of carbonyl (C=O) groups is 2. The fourth-order valence-electron chi connectivity index (χ4n) is 3.38. The van der Waals surface area contributed by atoms with Gasteiger partial charge in [0, 0.05) is 18.0 Å². The smallest absolute Gasteiger partial charge is 0.348 e. The van der Waals surface area contributed by atoms with E-state index in [9.17, 15) is 19.2 Å². The Balaban J connectivity index is 2.27. The molecule has 0 atom stereocenters. The molecule has 0 aliphatic rings. The van der Waals surface area contributed by atoms with Crippen molar-refractivity contribution in [2.45, 2.75) is 66.3 Å². The van der Waals surface area contributed by atoms with Gasteiger partial charge in [0.05, 0.1) is 0 Å². The maximum atomic E-state index is 13.0. The largest absolute Gasteiger partial charge is 0.451 e. The fraction of sp³-hybridized carbons (Fsp3) is 0.545. The molecule has 176 valence electrons. The lowest BCUT2D eigenvalue weighted by molar-refractivity contribution is -0.121. The zero-order chi connectivity index (χ0) is 23.8. The number of unbranched alkanes of at least 4 members (excludes halogenated alkanes) is 1. The summed E-state index contributed by atoms with van der Waals surface area (Å²) in [4.78, 5) is 55.0. The summed E-state index contributed by atoms with van der Waals surface area (Å²) in [6.07, 6.45) is 3.83. The molecule has 2 aromatic rings. The third-order valence-corrected chi connectivity index (χ3v) is 6.11. The Morgan fingerprint density at radius 1 is 1.19 bits per heavy atom. The van der Waals surface area contributed by atoms with E-state index in [1.165, 1.54) is 20.8 Å². The molecule has 0 saturated heterocycles. The molecule has 2 rings (SSSR count). The predicted octanol–water partition coefficient (Wildman–Crippen LogP) is 2.84. The molecule has 32 heavy (non-hydrogen) atoms. The number of esters is 1. The van der Waals surface area contributed by atoms with Gasteiger partial charge in [0.25, 0.3) is 11.5 Å². The molecule has 0 saturated carbocycles. The van der Waals surface area contributed by atoms with Gasteiger partial charge in [-0.05, 0) is 37.8 Å². The summed E-state index contributed by atoms with van der Waals surface area (Å²) >= 11 is 1.33. The van der Waals surface area contributed by atoms with Gasteiger partial charge in [-0.1, -0.05) is 33.6 Å². The second-order valence-electron chi connectivity index (χ2n) is 7.56. The highest BCUT2D eigenvalue weighted by Gasteiger charge is 2.25. The van der Waals surface area contributed by atoms with E-state index in [1.54, 1.807) is 6.07 Å². The van der Waals surface area contributed by atoms with Crippen molar-refractivity contribution in [3.05, 3.63) is 42.2 Å². The lowest BCUT2D eigenvalue weighted by Gasteiger charge is -2.24. The third-order valence-electron chi connectivity index (χ3n) is 5.04. The van der Waals surface area contributed by atoms with Gasteiger partial charge in [-0.3, -0.25) is 19.1 Å². The Labute approximate surface area is 191 Å². The first kappa shape index (κ1) is 25.4. The average Bonchev–Trinajstić information content (AvgIpc) is 3.12. The standard InChI is InChI=1S/C22H32N4O5S/c1-5-8-11-25(18-19(23)26(10-7-3)22(30)24-20(18)28)17(27)13-31-21(29)16-12-15(9-6-2)14(4)32-16/h12H,5-11,13,23H2,1-4H3,(H,24,28,30). The molecule has 2 heterocycles. The van der Waals surface area contributed by atoms with Crippen LogP contribution in [0.1, 0.15) is 66.6 Å². The van der Waals surface area contributed by atoms with Crippen molar-refractivity contribution in [3.63, 3.8) is 0 Å². The zero-order valence-corrected chi connectivity index (χ0v) is 20.0. The van der Waals surface area contributed by atoms with Gasteiger partial charge in [0.2, 0.25) is 0 Å². The van der Waals surface area contributed by atoms with Crippen LogP contribution in [0.25, 0.3) is 0 Å². The molecule has 9 nitrogen and oxygen atoms in total. The molecule has 0 fully saturated rings. The number of amides is 1. The number of rotatable bonds is 11. The molecule has 3 N–H and O–H groups in total. The van der Waals surface area contributed by atoms with Crippen LogP contribution in [0.4, 0.5) is 11.5 Å². The Bertz CT molecular complexity index is 1070. The molecule has 1 amide bonds.